The second kappa shape index (κ2) is 8.65. The highest BCUT2D eigenvalue weighted by Gasteiger charge is 2.05. The van der Waals surface area contributed by atoms with Crippen LogP contribution in [0.15, 0.2) is 83.9 Å². The van der Waals surface area contributed by atoms with Gasteiger partial charge in [-0.2, -0.15) is 0 Å². The van der Waals surface area contributed by atoms with Gasteiger partial charge < -0.3 is 4.98 Å². The lowest BCUT2D eigenvalue weighted by Crippen LogP contribution is -2.03. The molecule has 4 aromatic rings. The maximum Gasteiger partial charge on any atom is 0.248 e. The molecule has 0 radical (unpaired) electrons. The summed E-state index contributed by atoms with van der Waals surface area (Å²) in [6.45, 7) is 0. The van der Waals surface area contributed by atoms with E-state index in [0.29, 0.717) is 12.8 Å². The quantitative estimate of drug-likeness (QED) is 0.503. The summed E-state index contributed by atoms with van der Waals surface area (Å²) in [6.07, 6.45) is 6.25. The van der Waals surface area contributed by atoms with Gasteiger partial charge in [0.05, 0.1) is 0 Å². The Kier molecular flexibility index (Phi) is 5.61. The van der Waals surface area contributed by atoms with Crippen LogP contribution < -0.4 is 5.56 Å². The second-order valence-corrected chi connectivity index (χ2v) is 7.25. The number of benzene rings is 2. The normalized spacial score (nSPS) is 10.9. The summed E-state index contributed by atoms with van der Waals surface area (Å²) in [7, 11) is 0. The molecule has 0 aliphatic heterocycles. The van der Waals surface area contributed by atoms with E-state index in [1.54, 1.807) is 18.5 Å². The third-order valence-electron chi connectivity index (χ3n) is 5.06. The van der Waals surface area contributed by atoms with E-state index in [1.807, 2.05) is 30.3 Å². The Morgan fingerprint density at radius 3 is 2.52 bits per heavy atom. The fourth-order valence-corrected chi connectivity index (χ4v) is 3.51. The number of aromatic amines is 1. The summed E-state index contributed by atoms with van der Waals surface area (Å²) in [5.74, 6) is 0.254. The zero-order chi connectivity index (χ0) is 20.1. The minimum absolute atomic E-state index is 0.0893. The van der Waals surface area contributed by atoms with Crippen molar-refractivity contribution in [1.82, 2.24) is 9.97 Å². The highest BCUT2D eigenvalue weighted by Crippen LogP contribution is 2.24. The molecule has 0 aliphatic rings. The van der Waals surface area contributed by atoms with Crippen molar-refractivity contribution < 1.29 is 4.79 Å². The fourth-order valence-electron chi connectivity index (χ4n) is 3.51. The molecule has 0 atom stereocenters. The van der Waals surface area contributed by atoms with Crippen LogP contribution in [0.5, 0.6) is 0 Å². The summed E-state index contributed by atoms with van der Waals surface area (Å²) < 4.78 is 0. The number of carbonyl (C=O) groups excluding carboxylic acids is 1. The van der Waals surface area contributed by atoms with E-state index in [0.717, 1.165) is 40.4 Å². The van der Waals surface area contributed by atoms with Crippen LogP contribution in [0.4, 0.5) is 0 Å². The molecular formula is C25H22N2O2. The van der Waals surface area contributed by atoms with Crippen molar-refractivity contribution in [2.24, 2.45) is 0 Å². The number of aryl methyl sites for hydroxylation is 1. The summed E-state index contributed by atoms with van der Waals surface area (Å²) in [5.41, 5.74) is 5.20. The van der Waals surface area contributed by atoms with E-state index in [1.165, 1.54) is 5.56 Å². The number of aromatic nitrogens is 2. The van der Waals surface area contributed by atoms with Crippen molar-refractivity contribution in [3.8, 4) is 11.1 Å². The SMILES string of the molecule is O=C(CCCc1ccc(-c2ccc3[nH]c(=O)ccc3c2)cc1)Cc1cccnc1. The Labute approximate surface area is 169 Å². The lowest BCUT2D eigenvalue weighted by Gasteiger charge is -2.06. The molecule has 2 aromatic heterocycles. The van der Waals surface area contributed by atoms with E-state index < -0.39 is 0 Å². The molecule has 0 saturated heterocycles. The van der Waals surface area contributed by atoms with Crippen LogP contribution in [0.25, 0.3) is 22.0 Å². The molecule has 1 N–H and O–H groups in total. The van der Waals surface area contributed by atoms with Crippen LogP contribution >= 0.6 is 0 Å². The van der Waals surface area contributed by atoms with E-state index in [9.17, 15) is 9.59 Å². The molecule has 2 heterocycles. The van der Waals surface area contributed by atoms with Gasteiger partial charge in [0, 0.05) is 36.8 Å². The zero-order valence-electron chi connectivity index (χ0n) is 16.1. The predicted molar refractivity (Wildman–Crippen MR) is 116 cm³/mol. The minimum Gasteiger partial charge on any atom is -0.322 e. The van der Waals surface area contributed by atoms with Gasteiger partial charge in [-0.1, -0.05) is 36.4 Å². The third-order valence-corrected chi connectivity index (χ3v) is 5.06. The molecular weight excluding hydrogens is 360 g/mol. The van der Waals surface area contributed by atoms with Crippen molar-refractivity contribution >= 4 is 16.7 Å². The number of carbonyl (C=O) groups is 1. The second-order valence-electron chi connectivity index (χ2n) is 7.25. The summed E-state index contributed by atoms with van der Waals surface area (Å²) in [6, 6.07) is 21.7. The number of Topliss-reactive ketones (excluding diaryl/α,β-unsaturated/α-hetero) is 1. The van der Waals surface area contributed by atoms with Gasteiger partial charge in [-0.15, -0.1) is 0 Å². The third kappa shape index (κ3) is 4.85. The van der Waals surface area contributed by atoms with E-state index in [2.05, 4.69) is 40.3 Å². The lowest BCUT2D eigenvalue weighted by atomic mass is 9.99. The molecule has 2 aromatic carbocycles. The van der Waals surface area contributed by atoms with Crippen LogP contribution in [0.1, 0.15) is 24.0 Å². The standard InChI is InChI=1S/C25H22N2O2/c28-23(15-19-4-2-14-26-17-19)5-1-3-18-6-8-20(9-7-18)21-10-12-24-22(16-21)11-13-25(29)27-24/h2,4,6-14,16-17H,1,3,5,15H2,(H,27,29). The van der Waals surface area contributed by atoms with Gasteiger partial charge in [0.2, 0.25) is 5.56 Å². The van der Waals surface area contributed by atoms with Gasteiger partial charge in [0.1, 0.15) is 5.78 Å². The fraction of sp³-hybridized carbons (Fsp3) is 0.160. The molecule has 4 rings (SSSR count). The molecule has 4 nitrogen and oxygen atoms in total. The largest absolute Gasteiger partial charge is 0.322 e. The number of nitrogens with one attached hydrogen (secondary N) is 1. The molecule has 0 bridgehead atoms. The van der Waals surface area contributed by atoms with E-state index >= 15 is 0 Å². The number of hydrogen-bond donors (Lipinski definition) is 1. The summed E-state index contributed by atoms with van der Waals surface area (Å²) in [4.78, 5) is 30.4. The first-order chi connectivity index (χ1) is 14.2. The van der Waals surface area contributed by atoms with Gasteiger partial charge in [-0.05, 0) is 64.7 Å². The number of fused-ring (bicyclic) bond motifs is 1. The van der Waals surface area contributed by atoms with Gasteiger partial charge in [-0.25, -0.2) is 0 Å². The van der Waals surface area contributed by atoms with Gasteiger partial charge in [0.25, 0.3) is 0 Å². The first kappa shape index (κ1) is 18.8. The monoisotopic (exact) mass is 382 g/mol. The Morgan fingerprint density at radius 2 is 1.72 bits per heavy atom. The molecule has 144 valence electrons. The highest BCUT2D eigenvalue weighted by atomic mass is 16.1. The molecule has 0 amide bonds. The van der Waals surface area contributed by atoms with Crippen LogP contribution in [-0.2, 0) is 17.6 Å². The first-order valence-electron chi connectivity index (χ1n) is 9.80. The minimum atomic E-state index is -0.0893. The Morgan fingerprint density at radius 1 is 0.897 bits per heavy atom. The molecule has 0 aliphatic carbocycles. The smallest absolute Gasteiger partial charge is 0.248 e. The number of nitrogens with zero attached hydrogens (tertiary/aromatic N) is 1. The molecule has 0 spiro atoms. The topological polar surface area (TPSA) is 62.8 Å². The molecule has 29 heavy (non-hydrogen) atoms. The highest BCUT2D eigenvalue weighted by molar-refractivity contribution is 5.84. The average molecular weight is 382 g/mol. The molecule has 0 saturated carbocycles. The summed E-state index contributed by atoms with van der Waals surface area (Å²) in [5, 5.41) is 1.01. The van der Waals surface area contributed by atoms with Crippen LogP contribution in [-0.4, -0.2) is 15.8 Å². The van der Waals surface area contributed by atoms with Crippen molar-refractivity contribution in [2.75, 3.05) is 0 Å². The number of pyridine rings is 2. The number of rotatable bonds is 7. The van der Waals surface area contributed by atoms with E-state index in [-0.39, 0.29) is 11.3 Å². The Hall–Kier alpha value is -3.53. The number of hydrogen-bond acceptors (Lipinski definition) is 3. The van der Waals surface area contributed by atoms with Crippen LogP contribution in [0.3, 0.4) is 0 Å². The van der Waals surface area contributed by atoms with Crippen molar-refractivity contribution in [3.05, 3.63) is 101 Å². The number of H-pyrrole nitrogens is 1. The zero-order valence-corrected chi connectivity index (χ0v) is 16.1. The molecule has 0 fully saturated rings. The van der Waals surface area contributed by atoms with Crippen molar-refractivity contribution in [1.29, 1.82) is 0 Å². The molecule has 4 heteroatoms. The first-order valence-corrected chi connectivity index (χ1v) is 9.80. The molecule has 0 unspecified atom stereocenters. The van der Waals surface area contributed by atoms with Crippen molar-refractivity contribution in [2.45, 2.75) is 25.7 Å². The predicted octanol–water partition coefficient (Wildman–Crippen LogP) is 4.72. The Balaban J connectivity index is 1.35. The van der Waals surface area contributed by atoms with Gasteiger partial charge in [-0.3, -0.25) is 14.6 Å². The van der Waals surface area contributed by atoms with Gasteiger partial charge in [0.15, 0.2) is 0 Å². The lowest BCUT2D eigenvalue weighted by molar-refractivity contribution is -0.118. The van der Waals surface area contributed by atoms with Gasteiger partial charge >= 0.3 is 0 Å². The van der Waals surface area contributed by atoms with E-state index in [4.69, 9.17) is 0 Å². The average Bonchev–Trinajstić information content (AvgIpc) is 2.74. The van der Waals surface area contributed by atoms with Crippen LogP contribution in [0, 0.1) is 0 Å². The van der Waals surface area contributed by atoms with Crippen molar-refractivity contribution in [3.63, 3.8) is 0 Å². The maximum absolute atomic E-state index is 12.1. The summed E-state index contributed by atoms with van der Waals surface area (Å²) >= 11 is 0. The maximum atomic E-state index is 12.1. The Bertz CT molecular complexity index is 1180. The van der Waals surface area contributed by atoms with Crippen LogP contribution in [0.2, 0.25) is 0 Å². The number of ketones is 1.